The van der Waals surface area contributed by atoms with Crippen LogP contribution in [0.15, 0.2) is 29.3 Å². The topological polar surface area (TPSA) is 78.8 Å². The molecular weight excluding hydrogens is 290 g/mol. The molecule has 0 aliphatic carbocycles. The molecule has 7 heteroatoms. The highest BCUT2D eigenvalue weighted by Crippen LogP contribution is 2.24. The predicted octanol–water partition coefficient (Wildman–Crippen LogP) is 0.890. The van der Waals surface area contributed by atoms with Crippen LogP contribution in [-0.2, 0) is 4.79 Å². The quantitative estimate of drug-likeness (QED) is 0.823. The number of nitrogens with one attached hydrogen (secondary N) is 1. The number of carbonyl (C=O) groups excluding carboxylic acids is 3. The number of nitrogens with zero attached hydrogens (tertiary/aromatic N) is 2. The zero-order valence-electron chi connectivity index (χ0n) is 11.3. The van der Waals surface area contributed by atoms with Crippen LogP contribution in [0.25, 0.3) is 0 Å². The van der Waals surface area contributed by atoms with Gasteiger partial charge in [-0.15, -0.1) is 0 Å². The van der Waals surface area contributed by atoms with Crippen LogP contribution in [0.3, 0.4) is 0 Å². The molecule has 2 aliphatic rings. The van der Waals surface area contributed by atoms with Crippen molar-refractivity contribution < 1.29 is 14.4 Å². The smallest absolute Gasteiger partial charge is 0.262 e. The highest BCUT2D eigenvalue weighted by atomic mass is 32.2. The summed E-state index contributed by atoms with van der Waals surface area (Å²) in [6, 6.07) is 5.71. The first-order valence-corrected chi connectivity index (χ1v) is 7.53. The fraction of sp³-hybridized carbons (Fsp3) is 0.286. The number of rotatable bonds is 2. The van der Waals surface area contributed by atoms with Gasteiger partial charge < -0.3 is 5.32 Å². The summed E-state index contributed by atoms with van der Waals surface area (Å²) in [5, 5.41) is 3.20. The number of amidine groups is 1. The fourth-order valence-corrected chi connectivity index (χ4v) is 3.03. The van der Waals surface area contributed by atoms with Gasteiger partial charge in [-0.05, 0) is 19.1 Å². The minimum absolute atomic E-state index is 0.342. The maximum absolute atomic E-state index is 12.3. The Hall–Kier alpha value is -2.15. The molecule has 3 rings (SSSR count). The number of aliphatic imine (C=N–C) groups is 1. The van der Waals surface area contributed by atoms with Crippen molar-refractivity contribution in [3.8, 4) is 0 Å². The van der Waals surface area contributed by atoms with Crippen LogP contribution < -0.4 is 5.32 Å². The van der Waals surface area contributed by atoms with Crippen LogP contribution in [0.4, 0.5) is 0 Å². The number of benzene rings is 1. The molecule has 0 fully saturated rings. The average molecular weight is 303 g/mol. The van der Waals surface area contributed by atoms with Gasteiger partial charge in [0.1, 0.15) is 6.04 Å². The van der Waals surface area contributed by atoms with E-state index < -0.39 is 23.8 Å². The molecule has 1 aromatic rings. The van der Waals surface area contributed by atoms with E-state index in [0.29, 0.717) is 22.8 Å². The number of hydrogen-bond donors (Lipinski definition) is 1. The molecule has 0 aromatic heterocycles. The molecule has 3 amide bonds. The SMILES string of the molecule is C[C@H](C(=O)NC1=NCCS1)N1C(=O)c2ccccc2C1=O. The molecule has 1 N–H and O–H groups in total. The number of thioether (sulfide) groups is 1. The van der Waals surface area contributed by atoms with Gasteiger partial charge in [0.25, 0.3) is 11.8 Å². The molecule has 0 unspecified atom stereocenters. The molecular formula is C14H13N3O3S. The van der Waals surface area contributed by atoms with Gasteiger partial charge in [-0.3, -0.25) is 24.3 Å². The molecule has 0 bridgehead atoms. The largest absolute Gasteiger partial charge is 0.304 e. The van der Waals surface area contributed by atoms with Gasteiger partial charge >= 0.3 is 0 Å². The summed E-state index contributed by atoms with van der Waals surface area (Å²) in [6.07, 6.45) is 0. The number of amides is 3. The van der Waals surface area contributed by atoms with Crippen LogP contribution in [0.1, 0.15) is 27.6 Å². The highest BCUT2D eigenvalue weighted by Gasteiger charge is 2.40. The van der Waals surface area contributed by atoms with Crippen LogP contribution in [0.2, 0.25) is 0 Å². The Kier molecular flexibility index (Phi) is 3.50. The Balaban J connectivity index is 1.79. The van der Waals surface area contributed by atoms with Crippen LogP contribution in [0.5, 0.6) is 0 Å². The number of imide groups is 1. The van der Waals surface area contributed by atoms with Gasteiger partial charge in [-0.2, -0.15) is 0 Å². The average Bonchev–Trinajstić information content (AvgIpc) is 3.07. The van der Waals surface area contributed by atoms with Crippen LogP contribution >= 0.6 is 11.8 Å². The zero-order valence-corrected chi connectivity index (χ0v) is 12.1. The number of hydrogen-bond acceptors (Lipinski definition) is 5. The Morgan fingerprint density at radius 3 is 2.43 bits per heavy atom. The van der Waals surface area contributed by atoms with E-state index in [-0.39, 0.29) is 0 Å². The lowest BCUT2D eigenvalue weighted by molar-refractivity contribution is -0.123. The first-order chi connectivity index (χ1) is 10.1. The Labute approximate surface area is 125 Å². The molecule has 1 atom stereocenters. The van der Waals surface area contributed by atoms with Crippen molar-refractivity contribution in [3.05, 3.63) is 35.4 Å². The molecule has 2 heterocycles. The van der Waals surface area contributed by atoms with E-state index in [2.05, 4.69) is 10.3 Å². The van der Waals surface area contributed by atoms with Gasteiger partial charge in [0.05, 0.1) is 17.7 Å². The Morgan fingerprint density at radius 2 is 1.90 bits per heavy atom. The lowest BCUT2D eigenvalue weighted by atomic mass is 10.1. The molecule has 108 valence electrons. The van der Waals surface area contributed by atoms with Gasteiger partial charge in [-0.25, -0.2) is 0 Å². The van der Waals surface area contributed by atoms with E-state index in [0.717, 1.165) is 10.7 Å². The second-order valence-electron chi connectivity index (χ2n) is 4.73. The van der Waals surface area contributed by atoms with Crippen molar-refractivity contribution in [1.82, 2.24) is 10.2 Å². The van der Waals surface area contributed by atoms with Crippen molar-refractivity contribution in [2.75, 3.05) is 12.3 Å². The van der Waals surface area contributed by atoms with Gasteiger partial charge in [0.2, 0.25) is 5.91 Å². The zero-order chi connectivity index (χ0) is 15.0. The molecule has 2 aliphatic heterocycles. The normalized spacial score (nSPS) is 18.5. The van der Waals surface area contributed by atoms with E-state index in [1.807, 2.05) is 0 Å². The second kappa shape index (κ2) is 5.33. The van der Waals surface area contributed by atoms with E-state index in [1.54, 1.807) is 24.3 Å². The minimum Gasteiger partial charge on any atom is -0.304 e. The van der Waals surface area contributed by atoms with Crippen molar-refractivity contribution in [1.29, 1.82) is 0 Å². The molecule has 0 spiro atoms. The summed E-state index contributed by atoms with van der Waals surface area (Å²) in [5.74, 6) is -0.437. The molecule has 21 heavy (non-hydrogen) atoms. The van der Waals surface area contributed by atoms with Crippen molar-refractivity contribution in [2.45, 2.75) is 13.0 Å². The summed E-state index contributed by atoms with van der Waals surface area (Å²) in [5.41, 5.74) is 0.685. The Bertz CT molecular complexity index is 636. The van der Waals surface area contributed by atoms with Crippen molar-refractivity contribution >= 4 is 34.7 Å². The number of fused-ring (bicyclic) bond motifs is 1. The predicted molar refractivity (Wildman–Crippen MR) is 79.3 cm³/mol. The van der Waals surface area contributed by atoms with Crippen molar-refractivity contribution in [2.24, 2.45) is 4.99 Å². The third-order valence-corrected chi connectivity index (χ3v) is 4.30. The Morgan fingerprint density at radius 1 is 1.29 bits per heavy atom. The maximum atomic E-state index is 12.3. The monoisotopic (exact) mass is 303 g/mol. The first kappa shape index (κ1) is 13.8. The summed E-state index contributed by atoms with van der Waals surface area (Å²) in [7, 11) is 0. The van der Waals surface area contributed by atoms with E-state index in [1.165, 1.54) is 18.7 Å². The summed E-state index contributed by atoms with van der Waals surface area (Å²) in [4.78, 5) is 41.9. The van der Waals surface area contributed by atoms with E-state index in [9.17, 15) is 14.4 Å². The fourth-order valence-electron chi connectivity index (χ4n) is 2.30. The molecule has 1 aromatic carbocycles. The van der Waals surface area contributed by atoms with E-state index in [4.69, 9.17) is 0 Å². The van der Waals surface area contributed by atoms with Gasteiger partial charge in [0.15, 0.2) is 5.17 Å². The maximum Gasteiger partial charge on any atom is 0.262 e. The van der Waals surface area contributed by atoms with Gasteiger partial charge in [0, 0.05) is 5.75 Å². The molecule has 6 nitrogen and oxygen atoms in total. The van der Waals surface area contributed by atoms with Gasteiger partial charge in [-0.1, -0.05) is 23.9 Å². The number of carbonyl (C=O) groups is 3. The summed E-state index contributed by atoms with van der Waals surface area (Å²) >= 11 is 1.45. The molecule has 0 radical (unpaired) electrons. The summed E-state index contributed by atoms with van der Waals surface area (Å²) in [6.45, 7) is 2.21. The summed E-state index contributed by atoms with van der Waals surface area (Å²) < 4.78 is 0. The molecule has 0 saturated heterocycles. The standard InChI is InChI=1S/C14H13N3O3S/c1-8(11(18)16-14-15-6-7-21-14)17-12(19)9-4-2-3-5-10(9)13(17)20/h2-5,8H,6-7H2,1H3,(H,15,16,18)/t8-/m1/s1. The van der Waals surface area contributed by atoms with Crippen molar-refractivity contribution in [3.63, 3.8) is 0 Å². The highest BCUT2D eigenvalue weighted by molar-refractivity contribution is 8.14. The lowest BCUT2D eigenvalue weighted by Crippen LogP contribution is -2.48. The third kappa shape index (κ3) is 2.33. The first-order valence-electron chi connectivity index (χ1n) is 6.54. The van der Waals surface area contributed by atoms with Crippen LogP contribution in [-0.4, -0.2) is 46.1 Å². The van der Waals surface area contributed by atoms with Crippen LogP contribution in [0, 0.1) is 0 Å². The van der Waals surface area contributed by atoms with E-state index >= 15 is 0 Å². The minimum atomic E-state index is -0.874. The third-order valence-electron chi connectivity index (χ3n) is 3.41. The lowest BCUT2D eigenvalue weighted by Gasteiger charge is -2.21. The molecule has 0 saturated carbocycles. The second-order valence-corrected chi connectivity index (χ2v) is 5.81.